The van der Waals surface area contributed by atoms with Gasteiger partial charge in [-0.1, -0.05) is 11.6 Å². The summed E-state index contributed by atoms with van der Waals surface area (Å²) in [5.41, 5.74) is 1.45. The van der Waals surface area contributed by atoms with Crippen LogP contribution in [0.3, 0.4) is 0 Å². The normalized spacial score (nSPS) is 24.1. The predicted octanol–water partition coefficient (Wildman–Crippen LogP) is 2.78. The van der Waals surface area contributed by atoms with Crippen molar-refractivity contribution in [3.05, 3.63) is 20.8 Å². The standard InChI is InChI=1S/C9H12ClNS/c1-6-3-7-4-9(10)12-8(7)5-11(6)2/h4,6H,3,5H2,1-2H3. The fourth-order valence-corrected chi connectivity index (χ4v) is 2.98. The molecule has 0 saturated heterocycles. The molecule has 0 aromatic carbocycles. The number of nitrogens with zero attached hydrogens (tertiary/aromatic N) is 1. The maximum Gasteiger partial charge on any atom is 0.0934 e. The van der Waals surface area contributed by atoms with Crippen LogP contribution in [0.1, 0.15) is 17.4 Å². The van der Waals surface area contributed by atoms with E-state index in [4.69, 9.17) is 11.6 Å². The quantitative estimate of drug-likeness (QED) is 0.624. The van der Waals surface area contributed by atoms with Crippen LogP contribution >= 0.6 is 22.9 Å². The van der Waals surface area contributed by atoms with E-state index in [1.165, 1.54) is 10.4 Å². The first-order valence-corrected chi connectivity index (χ1v) is 5.33. The zero-order valence-electron chi connectivity index (χ0n) is 7.30. The Bertz CT molecular complexity index is 267. The van der Waals surface area contributed by atoms with Gasteiger partial charge in [0.25, 0.3) is 0 Å². The van der Waals surface area contributed by atoms with Gasteiger partial charge in [0, 0.05) is 17.5 Å². The second kappa shape index (κ2) is 3.02. The van der Waals surface area contributed by atoms with Crippen molar-refractivity contribution in [1.82, 2.24) is 4.90 Å². The van der Waals surface area contributed by atoms with E-state index in [2.05, 4.69) is 24.9 Å². The first kappa shape index (κ1) is 8.54. The van der Waals surface area contributed by atoms with E-state index in [9.17, 15) is 0 Å². The second-order valence-corrected chi connectivity index (χ2v) is 5.24. The number of thiophene rings is 1. The van der Waals surface area contributed by atoms with Crippen molar-refractivity contribution in [2.45, 2.75) is 25.9 Å². The zero-order valence-corrected chi connectivity index (χ0v) is 8.87. The summed E-state index contributed by atoms with van der Waals surface area (Å²) in [7, 11) is 2.17. The van der Waals surface area contributed by atoms with E-state index < -0.39 is 0 Å². The molecule has 12 heavy (non-hydrogen) atoms. The summed E-state index contributed by atoms with van der Waals surface area (Å²) in [6, 6.07) is 2.77. The number of hydrogen-bond acceptors (Lipinski definition) is 2. The molecule has 0 radical (unpaired) electrons. The van der Waals surface area contributed by atoms with Crippen LogP contribution in [-0.2, 0) is 13.0 Å². The van der Waals surface area contributed by atoms with Gasteiger partial charge in [-0.2, -0.15) is 0 Å². The molecule has 3 heteroatoms. The van der Waals surface area contributed by atoms with Crippen LogP contribution in [0.4, 0.5) is 0 Å². The average Bonchev–Trinajstić information content (AvgIpc) is 2.30. The van der Waals surface area contributed by atoms with E-state index in [0.29, 0.717) is 6.04 Å². The predicted molar refractivity (Wildman–Crippen MR) is 54.0 cm³/mol. The van der Waals surface area contributed by atoms with E-state index in [1.807, 2.05) is 0 Å². The molecule has 1 atom stereocenters. The molecule has 1 unspecified atom stereocenters. The zero-order chi connectivity index (χ0) is 8.72. The van der Waals surface area contributed by atoms with Crippen molar-refractivity contribution in [2.24, 2.45) is 0 Å². The van der Waals surface area contributed by atoms with E-state index in [0.717, 1.165) is 17.3 Å². The molecule has 1 aliphatic heterocycles. The van der Waals surface area contributed by atoms with Crippen molar-refractivity contribution < 1.29 is 0 Å². The molecule has 66 valence electrons. The number of rotatable bonds is 0. The molecule has 0 amide bonds. The van der Waals surface area contributed by atoms with Crippen molar-refractivity contribution in [3.8, 4) is 0 Å². The van der Waals surface area contributed by atoms with Crippen LogP contribution in [0.15, 0.2) is 6.07 Å². The van der Waals surface area contributed by atoms with E-state index in [-0.39, 0.29) is 0 Å². The van der Waals surface area contributed by atoms with Gasteiger partial charge in [-0.05, 0) is 32.0 Å². The Kier molecular flexibility index (Phi) is 2.15. The third-order valence-electron chi connectivity index (χ3n) is 2.53. The van der Waals surface area contributed by atoms with Crippen LogP contribution in [0.2, 0.25) is 4.34 Å². The Balaban J connectivity index is 2.33. The van der Waals surface area contributed by atoms with Crippen molar-refractivity contribution in [1.29, 1.82) is 0 Å². The van der Waals surface area contributed by atoms with Gasteiger partial charge in [-0.3, -0.25) is 4.90 Å². The van der Waals surface area contributed by atoms with Gasteiger partial charge in [0.2, 0.25) is 0 Å². The number of fused-ring (bicyclic) bond motifs is 1. The molecule has 0 spiro atoms. The van der Waals surface area contributed by atoms with Crippen LogP contribution in [0.25, 0.3) is 0 Å². The van der Waals surface area contributed by atoms with Crippen LogP contribution in [0.5, 0.6) is 0 Å². The van der Waals surface area contributed by atoms with Crippen LogP contribution < -0.4 is 0 Å². The van der Waals surface area contributed by atoms with Crippen molar-refractivity contribution >= 4 is 22.9 Å². The highest BCUT2D eigenvalue weighted by atomic mass is 35.5. The van der Waals surface area contributed by atoms with Crippen molar-refractivity contribution in [2.75, 3.05) is 7.05 Å². The highest BCUT2D eigenvalue weighted by Gasteiger charge is 2.21. The summed E-state index contributed by atoms with van der Waals surface area (Å²) in [6.45, 7) is 3.32. The topological polar surface area (TPSA) is 3.24 Å². The molecule has 1 aromatic rings. The number of halogens is 1. The lowest BCUT2D eigenvalue weighted by Crippen LogP contribution is -2.34. The fourth-order valence-electron chi connectivity index (χ4n) is 1.59. The fraction of sp³-hybridized carbons (Fsp3) is 0.556. The monoisotopic (exact) mass is 201 g/mol. The molecule has 0 saturated carbocycles. The Labute approximate surface area is 82.0 Å². The Morgan fingerprint density at radius 3 is 3.17 bits per heavy atom. The van der Waals surface area contributed by atoms with E-state index in [1.54, 1.807) is 11.3 Å². The molecule has 0 bridgehead atoms. The van der Waals surface area contributed by atoms with Gasteiger partial charge in [0.1, 0.15) is 0 Å². The van der Waals surface area contributed by atoms with Gasteiger partial charge in [-0.15, -0.1) is 11.3 Å². The minimum atomic E-state index is 0.656. The van der Waals surface area contributed by atoms with Crippen LogP contribution in [0, 0.1) is 0 Å². The van der Waals surface area contributed by atoms with Gasteiger partial charge < -0.3 is 0 Å². The van der Waals surface area contributed by atoms with Crippen molar-refractivity contribution in [3.63, 3.8) is 0 Å². The molecule has 0 aliphatic carbocycles. The Morgan fingerprint density at radius 1 is 1.67 bits per heavy atom. The third-order valence-corrected chi connectivity index (χ3v) is 3.82. The maximum absolute atomic E-state index is 5.95. The minimum absolute atomic E-state index is 0.656. The molecule has 0 fully saturated rings. The molecule has 1 nitrogen and oxygen atoms in total. The van der Waals surface area contributed by atoms with Gasteiger partial charge >= 0.3 is 0 Å². The Morgan fingerprint density at radius 2 is 2.42 bits per heavy atom. The molecular formula is C9H12ClNS. The summed E-state index contributed by atoms with van der Waals surface area (Å²) in [5.74, 6) is 0. The number of hydrogen-bond donors (Lipinski definition) is 0. The number of likely N-dealkylation sites (N-methyl/N-ethyl adjacent to an activating group) is 1. The van der Waals surface area contributed by atoms with Gasteiger partial charge in [0.15, 0.2) is 0 Å². The highest BCUT2D eigenvalue weighted by Crippen LogP contribution is 2.32. The molecule has 2 rings (SSSR count). The average molecular weight is 202 g/mol. The summed E-state index contributed by atoms with van der Waals surface area (Å²) in [5, 5.41) is 0. The van der Waals surface area contributed by atoms with Gasteiger partial charge in [-0.25, -0.2) is 0 Å². The lowest BCUT2D eigenvalue weighted by Gasteiger charge is -2.29. The lowest BCUT2D eigenvalue weighted by atomic mass is 10.0. The minimum Gasteiger partial charge on any atom is -0.298 e. The first-order chi connectivity index (χ1) is 5.66. The third kappa shape index (κ3) is 1.39. The summed E-state index contributed by atoms with van der Waals surface area (Å²) < 4.78 is 0.933. The highest BCUT2D eigenvalue weighted by molar-refractivity contribution is 7.16. The van der Waals surface area contributed by atoms with E-state index >= 15 is 0 Å². The second-order valence-electron chi connectivity index (χ2n) is 3.47. The first-order valence-electron chi connectivity index (χ1n) is 4.14. The Hall–Kier alpha value is -0.0500. The van der Waals surface area contributed by atoms with Gasteiger partial charge in [0.05, 0.1) is 4.34 Å². The largest absolute Gasteiger partial charge is 0.298 e. The SMILES string of the molecule is CC1Cc2cc(Cl)sc2CN1C. The summed E-state index contributed by atoms with van der Waals surface area (Å²) in [6.07, 6.45) is 1.15. The molecule has 0 N–H and O–H groups in total. The molecule has 2 heterocycles. The molecule has 1 aliphatic rings. The molecule has 1 aromatic heterocycles. The summed E-state index contributed by atoms with van der Waals surface area (Å²) in [4.78, 5) is 3.82. The summed E-state index contributed by atoms with van der Waals surface area (Å²) >= 11 is 7.67. The maximum atomic E-state index is 5.95. The lowest BCUT2D eigenvalue weighted by molar-refractivity contribution is 0.234. The smallest absolute Gasteiger partial charge is 0.0934 e. The molecular weight excluding hydrogens is 190 g/mol. The van der Waals surface area contributed by atoms with Crippen LogP contribution in [-0.4, -0.2) is 18.0 Å².